The minimum atomic E-state index is -0.975. The van der Waals surface area contributed by atoms with Crippen LogP contribution in [0.15, 0.2) is 42.5 Å². The number of aromatic nitrogens is 2. The lowest BCUT2D eigenvalue weighted by atomic mass is 9.72. The van der Waals surface area contributed by atoms with Crippen LogP contribution in [0.25, 0.3) is 5.69 Å². The van der Waals surface area contributed by atoms with Gasteiger partial charge in [0.2, 0.25) is 11.8 Å². The lowest BCUT2D eigenvalue weighted by Gasteiger charge is -2.35. The molecule has 3 amide bonds. The first kappa shape index (κ1) is 22.9. The summed E-state index contributed by atoms with van der Waals surface area (Å²) >= 11 is 0. The monoisotopic (exact) mass is 478 g/mol. The Morgan fingerprint density at radius 1 is 1.09 bits per heavy atom. The van der Waals surface area contributed by atoms with Crippen molar-refractivity contribution < 1.29 is 23.2 Å². The number of piperidine rings is 1. The number of amides is 3. The van der Waals surface area contributed by atoms with Gasteiger partial charge in [-0.15, -0.1) is 0 Å². The summed E-state index contributed by atoms with van der Waals surface area (Å²) in [4.78, 5) is 37.3. The normalized spacial score (nSPS) is 19.4. The molecule has 35 heavy (non-hydrogen) atoms. The highest BCUT2D eigenvalue weighted by Gasteiger charge is 2.42. The van der Waals surface area contributed by atoms with E-state index in [4.69, 9.17) is 0 Å². The molecule has 180 valence electrons. The number of rotatable bonds is 5. The van der Waals surface area contributed by atoms with Crippen molar-refractivity contribution in [3.05, 3.63) is 76.6 Å². The van der Waals surface area contributed by atoms with Gasteiger partial charge < -0.3 is 5.32 Å². The molecule has 0 radical (unpaired) electrons. The Kier molecular flexibility index (Phi) is 5.70. The molecule has 5 rings (SSSR count). The Labute approximate surface area is 200 Å². The summed E-state index contributed by atoms with van der Waals surface area (Å²) in [6, 6.07) is 10.6. The van der Waals surface area contributed by atoms with Crippen LogP contribution < -0.4 is 10.6 Å². The molecule has 1 saturated heterocycles. The van der Waals surface area contributed by atoms with Gasteiger partial charge in [0.05, 0.1) is 11.1 Å². The van der Waals surface area contributed by atoms with Gasteiger partial charge in [-0.1, -0.05) is 19.1 Å². The van der Waals surface area contributed by atoms with Crippen molar-refractivity contribution in [2.45, 2.75) is 50.9 Å². The molecule has 2 heterocycles. The number of hydrogen-bond acceptors (Lipinski definition) is 4. The second-order valence-electron chi connectivity index (χ2n) is 8.98. The third-order valence-electron chi connectivity index (χ3n) is 7.06. The van der Waals surface area contributed by atoms with Crippen molar-refractivity contribution in [2.24, 2.45) is 0 Å². The first-order chi connectivity index (χ1) is 16.8. The van der Waals surface area contributed by atoms with E-state index in [9.17, 15) is 23.2 Å². The minimum absolute atomic E-state index is 0.251. The number of imide groups is 1. The molecule has 2 aliphatic rings. The van der Waals surface area contributed by atoms with Crippen molar-refractivity contribution in [2.75, 3.05) is 5.32 Å². The fourth-order valence-corrected chi connectivity index (χ4v) is 5.08. The second-order valence-corrected chi connectivity index (χ2v) is 8.98. The molecule has 0 spiro atoms. The number of nitrogens with one attached hydrogen (secondary N) is 2. The van der Waals surface area contributed by atoms with Crippen molar-refractivity contribution in [1.82, 2.24) is 15.1 Å². The van der Waals surface area contributed by atoms with Gasteiger partial charge in [-0.3, -0.25) is 19.7 Å². The molecule has 0 unspecified atom stereocenters. The SMILES string of the molecule is CC[C@]1(c2ccc(NC(=O)c3nn(-c4ccc(F)c(F)c4)c4c3CCC4)cc2)CCC(=O)NC1=O. The summed E-state index contributed by atoms with van der Waals surface area (Å²) in [5, 5.41) is 9.71. The first-order valence-corrected chi connectivity index (χ1v) is 11.6. The van der Waals surface area contributed by atoms with Crippen LogP contribution in [0, 0.1) is 11.6 Å². The van der Waals surface area contributed by atoms with E-state index >= 15 is 0 Å². The number of anilines is 1. The highest BCUT2D eigenvalue weighted by molar-refractivity contribution is 6.05. The molecule has 1 fully saturated rings. The molecule has 0 bridgehead atoms. The molecule has 3 aromatic rings. The number of carbonyl (C=O) groups is 3. The van der Waals surface area contributed by atoms with Gasteiger partial charge >= 0.3 is 0 Å². The third kappa shape index (κ3) is 3.90. The first-order valence-electron chi connectivity index (χ1n) is 11.6. The van der Waals surface area contributed by atoms with E-state index in [2.05, 4.69) is 15.7 Å². The van der Waals surface area contributed by atoms with Crippen LogP contribution in [-0.4, -0.2) is 27.5 Å². The van der Waals surface area contributed by atoms with E-state index in [1.807, 2.05) is 6.92 Å². The van der Waals surface area contributed by atoms with Crippen LogP contribution in [0.5, 0.6) is 0 Å². The summed E-state index contributed by atoms with van der Waals surface area (Å²) in [7, 11) is 0. The molecule has 1 aliphatic heterocycles. The average molecular weight is 478 g/mol. The molecule has 7 nitrogen and oxygen atoms in total. The van der Waals surface area contributed by atoms with Crippen molar-refractivity contribution in [1.29, 1.82) is 0 Å². The Morgan fingerprint density at radius 2 is 1.86 bits per heavy atom. The maximum absolute atomic E-state index is 13.8. The van der Waals surface area contributed by atoms with E-state index in [-0.39, 0.29) is 23.9 Å². The van der Waals surface area contributed by atoms with Crippen LogP contribution >= 0.6 is 0 Å². The number of halogens is 2. The lowest BCUT2D eigenvalue weighted by molar-refractivity contribution is -0.138. The average Bonchev–Trinajstić information content (AvgIpc) is 3.45. The highest BCUT2D eigenvalue weighted by atomic mass is 19.2. The number of nitrogens with zero attached hydrogens (tertiary/aromatic N) is 2. The van der Waals surface area contributed by atoms with Gasteiger partial charge in [0.25, 0.3) is 5.91 Å². The molecule has 1 atom stereocenters. The summed E-state index contributed by atoms with van der Waals surface area (Å²) in [5.74, 6) is -2.88. The van der Waals surface area contributed by atoms with E-state index in [0.717, 1.165) is 35.4 Å². The molecule has 2 aromatic carbocycles. The zero-order valence-corrected chi connectivity index (χ0v) is 19.2. The van der Waals surface area contributed by atoms with Gasteiger partial charge in [-0.25, -0.2) is 13.5 Å². The van der Waals surface area contributed by atoms with Crippen LogP contribution in [0.2, 0.25) is 0 Å². The van der Waals surface area contributed by atoms with Crippen molar-refractivity contribution >= 4 is 23.4 Å². The van der Waals surface area contributed by atoms with E-state index in [1.54, 1.807) is 24.3 Å². The third-order valence-corrected chi connectivity index (χ3v) is 7.06. The standard InChI is InChI=1S/C26H24F2N4O3/c1-2-26(13-12-22(33)30-25(26)35)15-6-8-16(9-7-15)29-24(34)23-18-4-3-5-21(18)32(31-23)17-10-11-19(27)20(28)14-17/h6-11,14H,2-5,12-13H2,1H3,(H,29,34)(H,30,33,35)/t26-/m1/s1. The predicted molar refractivity (Wildman–Crippen MR) is 124 cm³/mol. The molecule has 2 N–H and O–H groups in total. The summed E-state index contributed by atoms with van der Waals surface area (Å²) in [5.41, 5.74) is 2.77. The minimum Gasteiger partial charge on any atom is -0.321 e. The Bertz CT molecular complexity index is 1350. The second kappa shape index (κ2) is 8.72. The molecule has 1 aromatic heterocycles. The molecule has 1 aliphatic carbocycles. The fourth-order valence-electron chi connectivity index (χ4n) is 5.08. The van der Waals surface area contributed by atoms with E-state index < -0.39 is 23.0 Å². The summed E-state index contributed by atoms with van der Waals surface area (Å²) in [6.45, 7) is 1.91. The maximum Gasteiger partial charge on any atom is 0.276 e. The van der Waals surface area contributed by atoms with Gasteiger partial charge in [0.1, 0.15) is 0 Å². The number of carbonyl (C=O) groups excluding carboxylic acids is 3. The fraction of sp³-hybridized carbons (Fsp3) is 0.308. The smallest absolute Gasteiger partial charge is 0.276 e. The molecule has 0 saturated carbocycles. The summed E-state index contributed by atoms with van der Waals surface area (Å²) in [6.07, 6.45) is 3.47. The zero-order valence-electron chi connectivity index (χ0n) is 19.2. The van der Waals surface area contributed by atoms with E-state index in [0.29, 0.717) is 37.1 Å². The van der Waals surface area contributed by atoms with Gasteiger partial charge in [0.15, 0.2) is 17.3 Å². The van der Waals surface area contributed by atoms with Gasteiger partial charge in [-0.05, 0) is 61.9 Å². The quantitative estimate of drug-likeness (QED) is 0.543. The van der Waals surface area contributed by atoms with Crippen molar-refractivity contribution in [3.63, 3.8) is 0 Å². The van der Waals surface area contributed by atoms with E-state index in [1.165, 1.54) is 10.7 Å². The Balaban J connectivity index is 1.39. The summed E-state index contributed by atoms with van der Waals surface area (Å²) < 4.78 is 28.7. The highest BCUT2D eigenvalue weighted by Crippen LogP contribution is 2.36. The molecular weight excluding hydrogens is 454 g/mol. The lowest BCUT2D eigenvalue weighted by Crippen LogP contribution is -2.51. The van der Waals surface area contributed by atoms with Crippen molar-refractivity contribution in [3.8, 4) is 5.69 Å². The maximum atomic E-state index is 13.8. The van der Waals surface area contributed by atoms with Gasteiger partial charge in [0, 0.05) is 29.4 Å². The molecule has 9 heteroatoms. The largest absolute Gasteiger partial charge is 0.321 e. The zero-order chi connectivity index (χ0) is 24.7. The molecular formula is C26H24F2N4O3. The predicted octanol–water partition coefficient (Wildman–Crippen LogP) is 3.98. The Morgan fingerprint density at radius 3 is 2.54 bits per heavy atom. The number of hydrogen-bond donors (Lipinski definition) is 2. The van der Waals surface area contributed by atoms with Crippen LogP contribution in [0.4, 0.5) is 14.5 Å². The number of benzene rings is 2. The van der Waals surface area contributed by atoms with Crippen LogP contribution in [0.1, 0.15) is 59.9 Å². The van der Waals surface area contributed by atoms with Crippen LogP contribution in [0.3, 0.4) is 0 Å². The Hall–Kier alpha value is -3.88. The van der Waals surface area contributed by atoms with Crippen LogP contribution in [-0.2, 0) is 27.8 Å². The topological polar surface area (TPSA) is 93.1 Å². The van der Waals surface area contributed by atoms with Gasteiger partial charge in [-0.2, -0.15) is 5.10 Å². The number of fused-ring (bicyclic) bond motifs is 1.